The fourth-order valence-electron chi connectivity index (χ4n) is 6.93. The number of benzene rings is 9. The molecule has 0 saturated carbocycles. The second-order valence-corrected chi connectivity index (χ2v) is 10.9. The van der Waals surface area contributed by atoms with Gasteiger partial charge >= 0.3 is 0 Å². The van der Waals surface area contributed by atoms with Crippen molar-refractivity contribution in [2.75, 3.05) is 0 Å². The van der Waals surface area contributed by atoms with Crippen molar-refractivity contribution in [1.82, 2.24) is 0 Å². The Labute approximate surface area is 232 Å². The maximum Gasteiger partial charge on any atom is -0.00203 e. The Hall–Kier alpha value is -5.20. The number of rotatable bonds is 2. The van der Waals surface area contributed by atoms with Gasteiger partial charge in [0.25, 0.3) is 0 Å². The maximum atomic E-state index is 2.40. The minimum absolute atomic E-state index is 1.24. The van der Waals surface area contributed by atoms with Crippen LogP contribution >= 0.6 is 0 Å². The highest BCUT2D eigenvalue weighted by Crippen LogP contribution is 2.45. The average Bonchev–Trinajstić information content (AvgIpc) is 3.03. The molecule has 0 spiro atoms. The van der Waals surface area contributed by atoms with E-state index in [0.29, 0.717) is 0 Å². The SMILES string of the molecule is c1ccc(-c2ccc3c(-c4ccc5ccc6cccc7ccc4c5c67)c4ccc5ccccc5c4cc3c2)cc1. The predicted molar refractivity (Wildman–Crippen MR) is 174 cm³/mol. The van der Waals surface area contributed by atoms with E-state index in [1.165, 1.54) is 86.9 Å². The molecule has 0 amide bonds. The van der Waals surface area contributed by atoms with Crippen LogP contribution in [-0.4, -0.2) is 0 Å². The first-order valence-corrected chi connectivity index (χ1v) is 13.9. The van der Waals surface area contributed by atoms with E-state index in [1.807, 2.05) is 0 Å². The van der Waals surface area contributed by atoms with Gasteiger partial charge in [-0.1, -0.05) is 133 Å². The molecule has 0 heteroatoms. The molecule has 0 N–H and O–H groups in total. The zero-order chi connectivity index (χ0) is 26.2. The fourth-order valence-corrected chi connectivity index (χ4v) is 6.93. The van der Waals surface area contributed by atoms with Crippen molar-refractivity contribution in [3.05, 3.63) is 146 Å². The first-order valence-electron chi connectivity index (χ1n) is 13.9. The topological polar surface area (TPSA) is 0 Å². The van der Waals surface area contributed by atoms with Crippen molar-refractivity contribution >= 4 is 64.6 Å². The van der Waals surface area contributed by atoms with Gasteiger partial charge < -0.3 is 0 Å². The standard InChI is InChI=1S/C40H24/c1-2-7-25(8-3-1)30-18-19-33-31(23-30)24-37-32-12-5-4-9-26(32)15-20-36(37)40(33)35-22-17-29-14-13-27-10-6-11-28-16-21-34(35)39(29)38(27)28/h1-24H. The van der Waals surface area contributed by atoms with E-state index >= 15 is 0 Å². The molecule has 0 nitrogen and oxygen atoms in total. The number of hydrogen-bond acceptors (Lipinski definition) is 0. The average molecular weight is 505 g/mol. The van der Waals surface area contributed by atoms with E-state index in [2.05, 4.69) is 146 Å². The highest BCUT2D eigenvalue weighted by molar-refractivity contribution is 6.29. The molecule has 0 saturated heterocycles. The molecule has 0 aromatic heterocycles. The maximum absolute atomic E-state index is 2.40. The zero-order valence-corrected chi connectivity index (χ0v) is 21.9. The van der Waals surface area contributed by atoms with Crippen molar-refractivity contribution in [2.24, 2.45) is 0 Å². The first-order chi connectivity index (χ1) is 19.8. The third-order valence-electron chi connectivity index (χ3n) is 8.77. The molecule has 40 heavy (non-hydrogen) atoms. The van der Waals surface area contributed by atoms with Crippen molar-refractivity contribution in [3.63, 3.8) is 0 Å². The summed E-state index contributed by atoms with van der Waals surface area (Å²) in [6.45, 7) is 0. The van der Waals surface area contributed by atoms with E-state index in [4.69, 9.17) is 0 Å². The molecule has 9 aromatic rings. The number of hydrogen-bond donors (Lipinski definition) is 0. The third-order valence-corrected chi connectivity index (χ3v) is 8.77. The molecule has 0 radical (unpaired) electrons. The smallest absolute Gasteiger partial charge is 0.00203 e. The molecule has 0 heterocycles. The quantitative estimate of drug-likeness (QED) is 0.162. The molecule has 0 unspecified atom stereocenters. The second-order valence-electron chi connectivity index (χ2n) is 10.9. The van der Waals surface area contributed by atoms with Gasteiger partial charge in [0.15, 0.2) is 0 Å². The van der Waals surface area contributed by atoms with Gasteiger partial charge in [-0.3, -0.25) is 0 Å². The minimum atomic E-state index is 1.24. The Morgan fingerprint density at radius 1 is 0.275 bits per heavy atom. The molecule has 0 fully saturated rings. The molecule has 0 aliphatic rings. The van der Waals surface area contributed by atoms with Crippen LogP contribution in [0.25, 0.3) is 86.9 Å². The normalized spacial score (nSPS) is 12.0. The van der Waals surface area contributed by atoms with Crippen LogP contribution in [0, 0.1) is 0 Å². The van der Waals surface area contributed by atoms with Gasteiger partial charge in [0, 0.05) is 0 Å². The Kier molecular flexibility index (Phi) is 4.42. The van der Waals surface area contributed by atoms with Crippen LogP contribution in [0.2, 0.25) is 0 Å². The summed E-state index contributed by atoms with van der Waals surface area (Å²) in [5.74, 6) is 0. The summed E-state index contributed by atoms with van der Waals surface area (Å²) in [6, 6.07) is 53.9. The van der Waals surface area contributed by atoms with Gasteiger partial charge in [0.2, 0.25) is 0 Å². The fraction of sp³-hybridized carbons (Fsp3) is 0. The second kappa shape index (κ2) is 8.15. The van der Waals surface area contributed by atoms with Gasteiger partial charge in [-0.2, -0.15) is 0 Å². The Morgan fingerprint density at radius 3 is 1.80 bits per heavy atom. The molecule has 9 aromatic carbocycles. The molecule has 0 aliphatic heterocycles. The Morgan fingerprint density at radius 2 is 0.925 bits per heavy atom. The summed E-state index contributed by atoms with van der Waals surface area (Å²) >= 11 is 0. The summed E-state index contributed by atoms with van der Waals surface area (Å²) in [4.78, 5) is 0. The molecule has 0 aliphatic carbocycles. The van der Waals surface area contributed by atoms with Crippen LogP contribution in [0.15, 0.2) is 146 Å². The highest BCUT2D eigenvalue weighted by atomic mass is 14.2. The summed E-state index contributed by atoms with van der Waals surface area (Å²) in [7, 11) is 0. The van der Waals surface area contributed by atoms with Crippen molar-refractivity contribution in [3.8, 4) is 22.3 Å². The van der Waals surface area contributed by atoms with Gasteiger partial charge in [-0.15, -0.1) is 0 Å². The van der Waals surface area contributed by atoms with Crippen molar-refractivity contribution in [1.29, 1.82) is 0 Å². The molecule has 9 rings (SSSR count). The lowest BCUT2D eigenvalue weighted by atomic mass is 9.85. The van der Waals surface area contributed by atoms with E-state index in [9.17, 15) is 0 Å². The van der Waals surface area contributed by atoms with Crippen LogP contribution in [0.1, 0.15) is 0 Å². The van der Waals surface area contributed by atoms with Gasteiger partial charge in [0.1, 0.15) is 0 Å². The minimum Gasteiger partial charge on any atom is -0.0622 e. The van der Waals surface area contributed by atoms with E-state index in [0.717, 1.165) is 0 Å². The molecular weight excluding hydrogens is 480 g/mol. The summed E-state index contributed by atoms with van der Waals surface area (Å²) in [5.41, 5.74) is 5.10. The van der Waals surface area contributed by atoms with Gasteiger partial charge in [0.05, 0.1) is 0 Å². The molecule has 0 atom stereocenters. The van der Waals surface area contributed by atoms with Crippen LogP contribution in [0.5, 0.6) is 0 Å². The van der Waals surface area contributed by atoms with Crippen LogP contribution in [0.3, 0.4) is 0 Å². The molecule has 0 bridgehead atoms. The zero-order valence-electron chi connectivity index (χ0n) is 21.9. The third kappa shape index (κ3) is 3.02. The lowest BCUT2D eigenvalue weighted by molar-refractivity contribution is 1.65. The van der Waals surface area contributed by atoms with Crippen LogP contribution < -0.4 is 0 Å². The van der Waals surface area contributed by atoms with Crippen molar-refractivity contribution < 1.29 is 0 Å². The monoisotopic (exact) mass is 504 g/mol. The number of fused-ring (bicyclic) bond motifs is 4. The Balaban J connectivity index is 1.46. The van der Waals surface area contributed by atoms with Crippen molar-refractivity contribution in [2.45, 2.75) is 0 Å². The summed E-state index contributed by atoms with van der Waals surface area (Å²) in [5, 5.41) is 15.7. The van der Waals surface area contributed by atoms with Crippen LogP contribution in [-0.2, 0) is 0 Å². The summed E-state index contributed by atoms with van der Waals surface area (Å²) < 4.78 is 0. The van der Waals surface area contributed by atoms with E-state index in [-0.39, 0.29) is 0 Å². The lowest BCUT2D eigenvalue weighted by Crippen LogP contribution is -1.91. The first kappa shape index (κ1) is 21.7. The lowest BCUT2D eigenvalue weighted by Gasteiger charge is -2.18. The highest BCUT2D eigenvalue weighted by Gasteiger charge is 2.17. The molecular formula is C40H24. The summed E-state index contributed by atoms with van der Waals surface area (Å²) in [6.07, 6.45) is 0. The van der Waals surface area contributed by atoms with E-state index < -0.39 is 0 Å². The van der Waals surface area contributed by atoms with E-state index in [1.54, 1.807) is 0 Å². The Bertz CT molecular complexity index is 2400. The van der Waals surface area contributed by atoms with Gasteiger partial charge in [-0.25, -0.2) is 0 Å². The predicted octanol–water partition coefficient (Wildman–Crippen LogP) is 11.4. The largest absolute Gasteiger partial charge is 0.0622 e. The molecule has 184 valence electrons. The van der Waals surface area contributed by atoms with Gasteiger partial charge in [-0.05, 0) is 99.0 Å². The van der Waals surface area contributed by atoms with Crippen LogP contribution in [0.4, 0.5) is 0 Å².